The Morgan fingerprint density at radius 3 is 2.50 bits per heavy atom. The van der Waals surface area contributed by atoms with E-state index in [9.17, 15) is 9.59 Å². The molecule has 2 aromatic rings. The van der Waals surface area contributed by atoms with Crippen molar-refractivity contribution in [2.75, 3.05) is 18.4 Å². The zero-order valence-electron chi connectivity index (χ0n) is 16.5. The number of para-hydroxylation sites is 2. The van der Waals surface area contributed by atoms with Crippen LogP contribution >= 0.6 is 0 Å². The van der Waals surface area contributed by atoms with Gasteiger partial charge in [0.1, 0.15) is 11.4 Å². The van der Waals surface area contributed by atoms with E-state index in [1.165, 1.54) is 6.20 Å². The van der Waals surface area contributed by atoms with E-state index in [0.29, 0.717) is 22.7 Å². The number of hydrogen-bond donors (Lipinski definition) is 1. The molecule has 0 aliphatic carbocycles. The third-order valence-electron chi connectivity index (χ3n) is 4.63. The number of amides is 2. The maximum Gasteiger partial charge on any atom is 0.272 e. The number of nitrogens with one attached hydrogen (secondary N) is 1. The third-order valence-corrected chi connectivity index (χ3v) is 4.63. The summed E-state index contributed by atoms with van der Waals surface area (Å²) in [4.78, 5) is 31.5. The van der Waals surface area contributed by atoms with E-state index >= 15 is 0 Å². The second-order valence-electron chi connectivity index (χ2n) is 7.25. The maximum absolute atomic E-state index is 12.8. The van der Waals surface area contributed by atoms with E-state index in [-0.39, 0.29) is 17.9 Å². The Bertz CT molecular complexity index is 827. The monoisotopic (exact) mass is 381 g/mol. The predicted molar refractivity (Wildman–Crippen MR) is 109 cm³/mol. The number of hydrogen-bond acceptors (Lipinski definition) is 4. The molecule has 0 radical (unpaired) electrons. The van der Waals surface area contributed by atoms with Gasteiger partial charge in [0.2, 0.25) is 0 Å². The molecule has 2 amide bonds. The van der Waals surface area contributed by atoms with Crippen molar-refractivity contribution in [2.24, 2.45) is 0 Å². The van der Waals surface area contributed by atoms with Gasteiger partial charge in [0.25, 0.3) is 11.8 Å². The molecule has 0 unspecified atom stereocenters. The highest BCUT2D eigenvalue weighted by Crippen LogP contribution is 2.25. The summed E-state index contributed by atoms with van der Waals surface area (Å²) < 4.78 is 5.75. The first-order chi connectivity index (χ1) is 13.5. The number of aromatic nitrogens is 1. The Hall–Kier alpha value is -2.89. The fourth-order valence-electron chi connectivity index (χ4n) is 3.25. The summed E-state index contributed by atoms with van der Waals surface area (Å²) in [6.45, 7) is 5.36. The number of anilines is 1. The third kappa shape index (κ3) is 5.09. The minimum atomic E-state index is -0.299. The van der Waals surface area contributed by atoms with Crippen molar-refractivity contribution in [3.05, 3.63) is 53.9 Å². The summed E-state index contributed by atoms with van der Waals surface area (Å²) in [5.74, 6) is 0.202. The first-order valence-electron chi connectivity index (χ1n) is 9.87. The number of likely N-dealkylation sites (tertiary alicyclic amines) is 1. The fourth-order valence-corrected chi connectivity index (χ4v) is 3.25. The first-order valence-corrected chi connectivity index (χ1v) is 9.87. The van der Waals surface area contributed by atoms with Gasteiger partial charge in [0.15, 0.2) is 0 Å². The highest BCUT2D eigenvalue weighted by molar-refractivity contribution is 6.06. The SMILES string of the molecule is CC(C)Oc1ccccc1NC(=O)c1ccnc(C(=O)N2CCCCCC2)c1. The molecule has 1 aliphatic heterocycles. The molecule has 2 heterocycles. The summed E-state index contributed by atoms with van der Waals surface area (Å²) >= 11 is 0. The van der Waals surface area contributed by atoms with Crippen LogP contribution in [0.1, 0.15) is 60.4 Å². The smallest absolute Gasteiger partial charge is 0.272 e. The van der Waals surface area contributed by atoms with Crippen LogP contribution in [0.4, 0.5) is 5.69 Å². The molecule has 28 heavy (non-hydrogen) atoms. The van der Waals surface area contributed by atoms with E-state index in [1.54, 1.807) is 18.2 Å². The summed E-state index contributed by atoms with van der Waals surface area (Å²) in [6, 6.07) is 10.5. The molecule has 6 nitrogen and oxygen atoms in total. The Balaban J connectivity index is 1.75. The van der Waals surface area contributed by atoms with Crippen LogP contribution in [0.5, 0.6) is 5.75 Å². The number of rotatable bonds is 5. The highest BCUT2D eigenvalue weighted by atomic mass is 16.5. The zero-order chi connectivity index (χ0) is 19.9. The molecule has 3 rings (SSSR count). The molecule has 1 aromatic heterocycles. The Kier molecular flexibility index (Phi) is 6.63. The fraction of sp³-hybridized carbons (Fsp3) is 0.409. The lowest BCUT2D eigenvalue weighted by molar-refractivity contribution is 0.0755. The van der Waals surface area contributed by atoms with Crippen LogP contribution in [0.2, 0.25) is 0 Å². The molecule has 0 saturated carbocycles. The molecule has 0 bridgehead atoms. The van der Waals surface area contributed by atoms with Crippen molar-refractivity contribution >= 4 is 17.5 Å². The summed E-state index contributed by atoms with van der Waals surface area (Å²) in [7, 11) is 0. The van der Waals surface area contributed by atoms with E-state index in [0.717, 1.165) is 38.8 Å². The van der Waals surface area contributed by atoms with Crippen molar-refractivity contribution in [1.29, 1.82) is 0 Å². The van der Waals surface area contributed by atoms with Gasteiger partial charge in [-0.25, -0.2) is 0 Å². The van der Waals surface area contributed by atoms with Gasteiger partial charge < -0.3 is 15.0 Å². The number of carbonyl (C=O) groups is 2. The number of nitrogens with zero attached hydrogens (tertiary/aromatic N) is 2. The van der Waals surface area contributed by atoms with Gasteiger partial charge in [-0.3, -0.25) is 14.6 Å². The minimum absolute atomic E-state index is 0.00294. The van der Waals surface area contributed by atoms with Crippen LogP contribution in [-0.4, -0.2) is 40.9 Å². The zero-order valence-corrected chi connectivity index (χ0v) is 16.5. The highest BCUT2D eigenvalue weighted by Gasteiger charge is 2.20. The van der Waals surface area contributed by atoms with Crippen LogP contribution in [0.15, 0.2) is 42.6 Å². The lowest BCUT2D eigenvalue weighted by Gasteiger charge is -2.20. The first kappa shape index (κ1) is 19.9. The minimum Gasteiger partial charge on any atom is -0.489 e. The lowest BCUT2D eigenvalue weighted by atomic mass is 10.2. The maximum atomic E-state index is 12.8. The molecule has 1 aliphatic rings. The number of pyridine rings is 1. The van der Waals surface area contributed by atoms with Gasteiger partial charge in [-0.05, 0) is 51.0 Å². The summed E-state index contributed by atoms with van der Waals surface area (Å²) in [5, 5.41) is 2.87. The number of carbonyl (C=O) groups excluding carboxylic acids is 2. The van der Waals surface area contributed by atoms with Gasteiger partial charge in [0, 0.05) is 24.8 Å². The molecular formula is C22H27N3O3. The van der Waals surface area contributed by atoms with Gasteiger partial charge in [-0.2, -0.15) is 0 Å². The van der Waals surface area contributed by atoms with Crippen LogP contribution in [0.25, 0.3) is 0 Å². The standard InChI is InChI=1S/C22H27N3O3/c1-16(2)28-20-10-6-5-9-18(20)24-21(26)17-11-12-23-19(15-17)22(27)25-13-7-3-4-8-14-25/h5-6,9-12,15-16H,3-4,7-8,13-14H2,1-2H3,(H,24,26). The largest absolute Gasteiger partial charge is 0.489 e. The molecule has 1 saturated heterocycles. The normalized spacial score (nSPS) is 14.5. The molecule has 148 valence electrons. The van der Waals surface area contributed by atoms with Gasteiger partial charge >= 0.3 is 0 Å². The van der Waals surface area contributed by atoms with E-state index in [1.807, 2.05) is 36.9 Å². The molecule has 6 heteroatoms. The Morgan fingerprint density at radius 2 is 1.79 bits per heavy atom. The molecule has 0 atom stereocenters. The van der Waals surface area contributed by atoms with Crippen molar-refractivity contribution in [3.8, 4) is 5.75 Å². The average molecular weight is 381 g/mol. The Labute approximate surface area is 165 Å². The molecule has 1 aromatic carbocycles. The molecular weight excluding hydrogens is 354 g/mol. The van der Waals surface area contributed by atoms with Crippen LogP contribution in [0.3, 0.4) is 0 Å². The van der Waals surface area contributed by atoms with Crippen LogP contribution < -0.4 is 10.1 Å². The van der Waals surface area contributed by atoms with E-state index in [2.05, 4.69) is 10.3 Å². The number of ether oxygens (including phenoxy) is 1. The lowest BCUT2D eigenvalue weighted by Crippen LogP contribution is -2.32. The van der Waals surface area contributed by atoms with Crippen molar-refractivity contribution < 1.29 is 14.3 Å². The Morgan fingerprint density at radius 1 is 1.07 bits per heavy atom. The molecule has 0 spiro atoms. The summed E-state index contributed by atoms with van der Waals surface area (Å²) in [5.41, 5.74) is 1.30. The van der Waals surface area contributed by atoms with Gasteiger partial charge in [-0.1, -0.05) is 25.0 Å². The van der Waals surface area contributed by atoms with Gasteiger partial charge in [0.05, 0.1) is 11.8 Å². The van der Waals surface area contributed by atoms with Crippen molar-refractivity contribution in [3.63, 3.8) is 0 Å². The number of benzene rings is 1. The van der Waals surface area contributed by atoms with Crippen molar-refractivity contribution in [1.82, 2.24) is 9.88 Å². The van der Waals surface area contributed by atoms with Crippen LogP contribution in [0, 0.1) is 0 Å². The topological polar surface area (TPSA) is 71.5 Å². The van der Waals surface area contributed by atoms with E-state index in [4.69, 9.17) is 4.74 Å². The molecule has 1 N–H and O–H groups in total. The van der Waals surface area contributed by atoms with Gasteiger partial charge in [-0.15, -0.1) is 0 Å². The van der Waals surface area contributed by atoms with E-state index < -0.39 is 0 Å². The van der Waals surface area contributed by atoms with Crippen molar-refractivity contribution in [2.45, 2.75) is 45.6 Å². The average Bonchev–Trinajstić information content (AvgIpc) is 2.98. The van der Waals surface area contributed by atoms with Crippen LogP contribution in [-0.2, 0) is 0 Å². The second kappa shape index (κ2) is 9.35. The quantitative estimate of drug-likeness (QED) is 0.845. The second-order valence-corrected chi connectivity index (χ2v) is 7.25. The predicted octanol–water partition coefficient (Wildman–Crippen LogP) is 4.14. The summed E-state index contributed by atoms with van der Waals surface area (Å²) in [6.07, 6.45) is 5.83. The molecule has 1 fully saturated rings.